The van der Waals surface area contributed by atoms with E-state index < -0.39 is 0 Å². The van der Waals surface area contributed by atoms with Gasteiger partial charge < -0.3 is 10.6 Å². The first-order valence-electron chi connectivity index (χ1n) is 10.1. The van der Waals surface area contributed by atoms with Crippen LogP contribution in [0.4, 0.5) is 0 Å². The van der Waals surface area contributed by atoms with Crippen LogP contribution in [0, 0.1) is 25.7 Å². The van der Waals surface area contributed by atoms with Crippen molar-refractivity contribution in [2.45, 2.75) is 53.1 Å². The molecule has 1 amide bonds. The van der Waals surface area contributed by atoms with E-state index in [0.717, 1.165) is 36.6 Å². The van der Waals surface area contributed by atoms with E-state index >= 15 is 0 Å². The fourth-order valence-electron chi connectivity index (χ4n) is 3.98. The van der Waals surface area contributed by atoms with E-state index in [4.69, 9.17) is 0 Å². The molecule has 2 N–H and O–H groups in total. The number of rotatable bonds is 7. The molecule has 5 nitrogen and oxygen atoms in total. The highest BCUT2D eigenvalue weighted by Crippen LogP contribution is 2.22. The Labute approximate surface area is 174 Å². The molecule has 1 fully saturated rings. The van der Waals surface area contributed by atoms with Gasteiger partial charge >= 0.3 is 0 Å². The summed E-state index contributed by atoms with van der Waals surface area (Å²) in [6.07, 6.45) is 3.05. The van der Waals surface area contributed by atoms with Crippen LogP contribution in [-0.4, -0.2) is 28.8 Å². The second-order valence-electron chi connectivity index (χ2n) is 7.86. The van der Waals surface area contributed by atoms with Gasteiger partial charge in [0.15, 0.2) is 0 Å². The van der Waals surface area contributed by atoms with E-state index in [1.54, 1.807) is 0 Å². The largest absolute Gasteiger partial charge is 0.352 e. The second-order valence-corrected chi connectivity index (χ2v) is 7.86. The maximum absolute atomic E-state index is 12.4. The molecule has 0 bridgehead atoms. The molecule has 3 rings (SSSR count). The molecule has 6 heteroatoms. The first-order chi connectivity index (χ1) is 13.0. The molecule has 2 heterocycles. The van der Waals surface area contributed by atoms with E-state index in [1.807, 2.05) is 29.8 Å². The number of nitrogens with one attached hydrogen (secondary N) is 2. The van der Waals surface area contributed by atoms with Gasteiger partial charge in [-0.25, -0.2) is 0 Å². The van der Waals surface area contributed by atoms with Crippen molar-refractivity contribution in [1.82, 2.24) is 20.4 Å². The molecule has 0 spiro atoms. The summed E-state index contributed by atoms with van der Waals surface area (Å²) >= 11 is 0. The lowest BCUT2D eigenvalue weighted by Crippen LogP contribution is -2.35. The summed E-state index contributed by atoms with van der Waals surface area (Å²) in [5.41, 5.74) is 4.48. The van der Waals surface area contributed by atoms with Crippen LogP contribution in [0.2, 0.25) is 0 Å². The Morgan fingerprint density at radius 1 is 1.32 bits per heavy atom. The molecule has 1 aromatic carbocycles. The maximum Gasteiger partial charge on any atom is 0.220 e. The van der Waals surface area contributed by atoms with Crippen LogP contribution in [-0.2, 0) is 17.9 Å². The van der Waals surface area contributed by atoms with E-state index in [0.29, 0.717) is 24.8 Å². The average molecular weight is 405 g/mol. The third-order valence-corrected chi connectivity index (χ3v) is 5.82. The fraction of sp³-hybridized carbons (Fsp3) is 0.545. The quantitative estimate of drug-likeness (QED) is 0.741. The monoisotopic (exact) mass is 404 g/mol. The zero-order chi connectivity index (χ0) is 19.2. The Balaban J connectivity index is 0.00000280. The SMILES string of the molecule is Cc1nn(Cc2ccccc2)c(C)c1CNC(=O)CC(C)C1CCCNC1.Cl. The third kappa shape index (κ3) is 5.82. The molecule has 1 aliphatic heterocycles. The lowest BCUT2D eigenvalue weighted by molar-refractivity contribution is -0.122. The van der Waals surface area contributed by atoms with Gasteiger partial charge in [0.25, 0.3) is 0 Å². The van der Waals surface area contributed by atoms with Crippen LogP contribution in [0.1, 0.15) is 48.7 Å². The maximum atomic E-state index is 12.4. The van der Waals surface area contributed by atoms with Crippen molar-refractivity contribution in [1.29, 1.82) is 0 Å². The van der Waals surface area contributed by atoms with Crippen molar-refractivity contribution < 1.29 is 4.79 Å². The summed E-state index contributed by atoms with van der Waals surface area (Å²) in [5.74, 6) is 1.17. The van der Waals surface area contributed by atoms with Gasteiger partial charge in [-0.15, -0.1) is 12.4 Å². The Morgan fingerprint density at radius 3 is 2.75 bits per heavy atom. The van der Waals surface area contributed by atoms with Crippen LogP contribution in [0.3, 0.4) is 0 Å². The highest BCUT2D eigenvalue weighted by molar-refractivity contribution is 5.85. The van der Waals surface area contributed by atoms with Gasteiger partial charge in [-0.3, -0.25) is 9.48 Å². The van der Waals surface area contributed by atoms with Gasteiger partial charge in [0.05, 0.1) is 12.2 Å². The molecule has 28 heavy (non-hydrogen) atoms. The minimum absolute atomic E-state index is 0. The molecule has 0 aliphatic carbocycles. The normalized spacial score (nSPS) is 17.6. The first kappa shape index (κ1) is 22.4. The zero-order valence-electron chi connectivity index (χ0n) is 17.2. The Kier molecular flexibility index (Phi) is 8.52. The summed E-state index contributed by atoms with van der Waals surface area (Å²) in [4.78, 5) is 12.4. The van der Waals surface area contributed by atoms with Gasteiger partial charge in [0, 0.05) is 24.2 Å². The number of hydrogen-bond acceptors (Lipinski definition) is 3. The van der Waals surface area contributed by atoms with Gasteiger partial charge in [-0.1, -0.05) is 37.3 Å². The highest BCUT2D eigenvalue weighted by Gasteiger charge is 2.22. The van der Waals surface area contributed by atoms with Crippen molar-refractivity contribution in [3.8, 4) is 0 Å². The van der Waals surface area contributed by atoms with Gasteiger partial charge in [-0.2, -0.15) is 5.10 Å². The summed E-state index contributed by atoms with van der Waals surface area (Å²) in [5, 5.41) is 11.2. The summed E-state index contributed by atoms with van der Waals surface area (Å²) in [7, 11) is 0. The van der Waals surface area contributed by atoms with E-state index in [2.05, 4.69) is 41.7 Å². The predicted octanol–water partition coefficient (Wildman–Crippen LogP) is 3.61. The van der Waals surface area contributed by atoms with Crippen LogP contribution in [0.5, 0.6) is 0 Å². The molecule has 0 radical (unpaired) electrons. The summed E-state index contributed by atoms with van der Waals surface area (Å²) < 4.78 is 2.03. The fourth-order valence-corrected chi connectivity index (χ4v) is 3.98. The standard InChI is InChI=1S/C22H32N4O.ClH/c1-16(20-10-7-11-23-13-20)12-22(27)24-14-21-17(2)25-26(18(21)3)15-19-8-5-4-6-9-19;/h4-6,8-9,16,20,23H,7,10-15H2,1-3H3,(H,24,27);1H. The number of aryl methyl sites for hydroxylation is 1. The number of carbonyl (C=O) groups is 1. The van der Waals surface area contributed by atoms with Crippen molar-refractivity contribution in [3.05, 3.63) is 52.8 Å². The smallest absolute Gasteiger partial charge is 0.220 e. The number of halogens is 1. The molecular formula is C22H33ClN4O. The van der Waals surface area contributed by atoms with Crippen molar-refractivity contribution in [3.63, 3.8) is 0 Å². The van der Waals surface area contributed by atoms with Crippen molar-refractivity contribution in [2.75, 3.05) is 13.1 Å². The Morgan fingerprint density at radius 2 is 2.07 bits per heavy atom. The lowest BCUT2D eigenvalue weighted by atomic mass is 9.85. The van der Waals surface area contributed by atoms with Crippen molar-refractivity contribution >= 4 is 18.3 Å². The average Bonchev–Trinajstić information content (AvgIpc) is 2.94. The minimum Gasteiger partial charge on any atom is -0.352 e. The molecule has 154 valence electrons. The number of piperidine rings is 1. The molecule has 1 aromatic heterocycles. The van der Waals surface area contributed by atoms with Crippen LogP contribution in [0.25, 0.3) is 0 Å². The minimum atomic E-state index is 0. The molecule has 1 saturated heterocycles. The molecule has 2 atom stereocenters. The molecule has 2 unspecified atom stereocenters. The summed E-state index contributed by atoms with van der Waals surface area (Å²) in [6, 6.07) is 10.3. The van der Waals surface area contributed by atoms with Crippen molar-refractivity contribution in [2.24, 2.45) is 11.8 Å². The first-order valence-corrected chi connectivity index (χ1v) is 10.1. The van der Waals surface area contributed by atoms with E-state index in [1.165, 1.54) is 18.4 Å². The van der Waals surface area contributed by atoms with Crippen LogP contribution >= 0.6 is 12.4 Å². The molecule has 2 aromatic rings. The number of benzene rings is 1. The van der Waals surface area contributed by atoms with Gasteiger partial charge in [0.1, 0.15) is 0 Å². The lowest BCUT2D eigenvalue weighted by Gasteiger charge is -2.28. The number of amides is 1. The number of nitrogens with zero attached hydrogens (tertiary/aromatic N) is 2. The highest BCUT2D eigenvalue weighted by atomic mass is 35.5. The Bertz CT molecular complexity index is 753. The topological polar surface area (TPSA) is 59.0 Å². The van der Waals surface area contributed by atoms with E-state index in [9.17, 15) is 4.79 Å². The van der Waals surface area contributed by atoms with Gasteiger partial charge in [0.2, 0.25) is 5.91 Å². The Hall–Kier alpha value is -1.85. The van der Waals surface area contributed by atoms with E-state index in [-0.39, 0.29) is 18.3 Å². The number of aromatic nitrogens is 2. The third-order valence-electron chi connectivity index (χ3n) is 5.82. The number of hydrogen-bond donors (Lipinski definition) is 2. The molecular weight excluding hydrogens is 372 g/mol. The molecule has 0 saturated carbocycles. The zero-order valence-corrected chi connectivity index (χ0v) is 18.0. The van der Waals surface area contributed by atoms with Gasteiger partial charge in [-0.05, 0) is 57.2 Å². The molecule has 1 aliphatic rings. The second kappa shape index (κ2) is 10.6. The van der Waals surface area contributed by atoms with Crippen LogP contribution in [0.15, 0.2) is 30.3 Å². The number of carbonyl (C=O) groups excluding carboxylic acids is 1. The van der Waals surface area contributed by atoms with Crippen LogP contribution < -0.4 is 10.6 Å². The predicted molar refractivity (Wildman–Crippen MR) is 116 cm³/mol. The summed E-state index contributed by atoms with van der Waals surface area (Å²) in [6.45, 7) is 9.77.